The second-order valence-corrected chi connectivity index (χ2v) is 10.2. The molecule has 1 amide bonds. The molecule has 2 saturated carbocycles. The van der Waals surface area contributed by atoms with Crippen molar-refractivity contribution in [2.45, 2.75) is 103 Å². The summed E-state index contributed by atoms with van der Waals surface area (Å²) in [5.41, 5.74) is 1.09. The summed E-state index contributed by atoms with van der Waals surface area (Å²) in [4.78, 5) is 13.0. The maximum Gasteiger partial charge on any atom is 0.217 e. The molecule has 0 spiro atoms. The van der Waals surface area contributed by atoms with Crippen molar-refractivity contribution in [1.82, 2.24) is 15.4 Å². The van der Waals surface area contributed by atoms with Gasteiger partial charge in [0.05, 0.1) is 11.8 Å². The highest BCUT2D eigenvalue weighted by atomic mass is 19.2. The number of benzene rings is 1. The van der Waals surface area contributed by atoms with Crippen LogP contribution in [0.2, 0.25) is 0 Å². The number of aromatic nitrogens is 1. The number of rotatable bonds is 4. The van der Waals surface area contributed by atoms with E-state index in [1.807, 2.05) is 0 Å². The molecule has 2 aromatic rings. The average molecular weight is 508 g/mol. The third kappa shape index (κ3) is 8.51. The highest BCUT2D eigenvalue weighted by molar-refractivity contribution is 5.80. The molecule has 0 bridgehead atoms. The number of amides is 1. The minimum Gasteiger partial charge on any atom is -0.381 e. The number of ether oxygens (including phenoxy) is 1. The fraction of sp³-hybridized carbons (Fsp3) is 0.714. The van der Waals surface area contributed by atoms with E-state index in [0.717, 1.165) is 44.2 Å². The predicted octanol–water partition coefficient (Wildman–Crippen LogP) is 6.34. The molecule has 1 aliphatic heterocycles. The van der Waals surface area contributed by atoms with Gasteiger partial charge in [0, 0.05) is 37.4 Å². The van der Waals surface area contributed by atoms with Gasteiger partial charge in [-0.2, -0.15) is 0 Å². The monoisotopic (exact) mass is 507 g/mol. The number of piperidine rings is 1. The molecule has 0 radical (unpaired) electrons. The number of carbonyl (C=O) groups is 1. The summed E-state index contributed by atoms with van der Waals surface area (Å²) in [7, 11) is 1.80. The summed E-state index contributed by atoms with van der Waals surface area (Å²) < 4.78 is 36.7. The van der Waals surface area contributed by atoms with Crippen LogP contribution in [0.1, 0.15) is 96.1 Å². The van der Waals surface area contributed by atoms with Crippen LogP contribution in [0.5, 0.6) is 0 Å². The molecule has 202 valence electrons. The first kappa shape index (κ1) is 28.5. The summed E-state index contributed by atoms with van der Waals surface area (Å²) >= 11 is 0. The zero-order valence-corrected chi connectivity index (χ0v) is 22.2. The molecule has 1 aromatic heterocycles. The van der Waals surface area contributed by atoms with Crippen LogP contribution >= 0.6 is 0 Å². The topological polar surface area (TPSA) is 67.6 Å². The van der Waals surface area contributed by atoms with Gasteiger partial charge in [-0.25, -0.2) is 8.78 Å². The van der Waals surface area contributed by atoms with E-state index in [1.165, 1.54) is 63.9 Å². The summed E-state index contributed by atoms with van der Waals surface area (Å²) in [5, 5.41) is 7.57. The van der Waals surface area contributed by atoms with Crippen LogP contribution in [0.3, 0.4) is 0 Å². The number of hydrogen-bond acceptors (Lipinski definition) is 5. The molecule has 3 aliphatic rings. The van der Waals surface area contributed by atoms with Gasteiger partial charge in [-0.1, -0.05) is 44.2 Å². The molecule has 0 atom stereocenters. The van der Waals surface area contributed by atoms with Gasteiger partial charge < -0.3 is 19.5 Å². The third-order valence-corrected chi connectivity index (χ3v) is 7.61. The minimum atomic E-state index is -0.893. The lowest BCUT2D eigenvalue weighted by molar-refractivity contribution is -0.119. The lowest BCUT2D eigenvalue weighted by Crippen LogP contribution is -2.34. The number of fused-ring (bicyclic) bond motifs is 1. The van der Waals surface area contributed by atoms with Gasteiger partial charge in [-0.05, 0) is 64.2 Å². The van der Waals surface area contributed by atoms with Gasteiger partial charge in [-0.15, -0.1) is 0 Å². The Hall–Kier alpha value is -2.06. The van der Waals surface area contributed by atoms with Crippen LogP contribution < -0.4 is 5.32 Å². The van der Waals surface area contributed by atoms with Gasteiger partial charge in [0.25, 0.3) is 0 Å². The van der Waals surface area contributed by atoms with Crippen molar-refractivity contribution in [3.05, 3.63) is 29.5 Å². The van der Waals surface area contributed by atoms with E-state index >= 15 is 0 Å². The molecule has 8 heteroatoms. The van der Waals surface area contributed by atoms with E-state index in [0.29, 0.717) is 23.1 Å². The van der Waals surface area contributed by atoms with Gasteiger partial charge in [0.15, 0.2) is 17.2 Å². The fourth-order valence-corrected chi connectivity index (χ4v) is 5.43. The normalized spacial score (nSPS) is 19.9. The van der Waals surface area contributed by atoms with Crippen LogP contribution in [0.4, 0.5) is 8.78 Å². The SMILES string of the molecule is CC(=O)NC1CCCCC1.CCN1CCC(c2noc3cc(F)c(F)cc23)CC1.COC1CCCC1. The molecular formula is C28H43F2N3O3. The maximum absolute atomic E-state index is 13.3. The Morgan fingerprint density at radius 3 is 2.19 bits per heavy atom. The predicted molar refractivity (Wildman–Crippen MR) is 138 cm³/mol. The number of halogens is 2. The molecule has 6 nitrogen and oxygen atoms in total. The molecule has 2 aliphatic carbocycles. The van der Waals surface area contributed by atoms with E-state index in [-0.39, 0.29) is 11.8 Å². The van der Waals surface area contributed by atoms with Gasteiger partial charge in [0.2, 0.25) is 5.91 Å². The Morgan fingerprint density at radius 2 is 1.64 bits per heavy atom. The van der Waals surface area contributed by atoms with Crippen LogP contribution in [0.15, 0.2) is 16.7 Å². The van der Waals surface area contributed by atoms with Crippen LogP contribution in [0.25, 0.3) is 11.0 Å². The second-order valence-electron chi connectivity index (χ2n) is 10.2. The van der Waals surface area contributed by atoms with E-state index in [4.69, 9.17) is 9.26 Å². The van der Waals surface area contributed by atoms with Gasteiger partial charge in [-0.3, -0.25) is 4.79 Å². The highest BCUT2D eigenvalue weighted by Crippen LogP contribution is 2.33. The lowest BCUT2D eigenvalue weighted by Gasteiger charge is -2.29. The molecule has 2 heterocycles. The zero-order valence-electron chi connectivity index (χ0n) is 22.2. The first-order chi connectivity index (χ1) is 17.4. The molecule has 36 heavy (non-hydrogen) atoms. The first-order valence-electron chi connectivity index (χ1n) is 13.7. The molecule has 1 aromatic carbocycles. The van der Waals surface area contributed by atoms with Gasteiger partial charge in [0.1, 0.15) is 0 Å². The number of hydrogen-bond donors (Lipinski definition) is 1. The summed E-state index contributed by atoms with van der Waals surface area (Å²) in [6.07, 6.45) is 14.2. The van der Waals surface area contributed by atoms with Crippen molar-refractivity contribution in [3.63, 3.8) is 0 Å². The quantitative estimate of drug-likeness (QED) is 0.523. The van der Waals surface area contributed by atoms with Crippen molar-refractivity contribution in [2.24, 2.45) is 0 Å². The molecule has 5 rings (SSSR count). The molecular weight excluding hydrogens is 464 g/mol. The van der Waals surface area contributed by atoms with E-state index < -0.39 is 11.6 Å². The van der Waals surface area contributed by atoms with Crippen molar-refractivity contribution in [3.8, 4) is 0 Å². The van der Waals surface area contributed by atoms with Crippen LogP contribution in [-0.2, 0) is 9.53 Å². The zero-order chi connectivity index (χ0) is 25.9. The Labute approximate surface area is 214 Å². The summed E-state index contributed by atoms with van der Waals surface area (Å²) in [6, 6.07) is 2.75. The number of likely N-dealkylation sites (tertiary alicyclic amines) is 1. The van der Waals surface area contributed by atoms with Gasteiger partial charge >= 0.3 is 0 Å². The van der Waals surface area contributed by atoms with Crippen molar-refractivity contribution in [1.29, 1.82) is 0 Å². The molecule has 1 saturated heterocycles. The average Bonchev–Trinajstić information content (AvgIpc) is 3.56. The van der Waals surface area contributed by atoms with E-state index in [1.54, 1.807) is 14.0 Å². The van der Waals surface area contributed by atoms with Crippen molar-refractivity contribution in [2.75, 3.05) is 26.7 Å². The third-order valence-electron chi connectivity index (χ3n) is 7.61. The Bertz CT molecular complexity index is 932. The maximum atomic E-state index is 13.3. The smallest absolute Gasteiger partial charge is 0.217 e. The number of nitrogens with one attached hydrogen (secondary N) is 1. The first-order valence-corrected chi connectivity index (χ1v) is 13.7. The van der Waals surface area contributed by atoms with E-state index in [2.05, 4.69) is 22.3 Å². The number of nitrogens with zero attached hydrogens (tertiary/aromatic N) is 2. The molecule has 3 fully saturated rings. The molecule has 0 unspecified atom stereocenters. The van der Waals surface area contributed by atoms with Crippen molar-refractivity contribution >= 4 is 16.9 Å². The Kier molecular flexibility index (Phi) is 11.6. The molecule has 1 N–H and O–H groups in total. The Balaban J connectivity index is 0.000000177. The summed E-state index contributed by atoms with van der Waals surface area (Å²) in [6.45, 7) is 6.81. The largest absolute Gasteiger partial charge is 0.381 e. The minimum absolute atomic E-state index is 0.118. The standard InChI is InChI=1S/C14H16F2N2O.C8H15NO.C6H12O/c1-2-18-5-3-9(4-6-18)14-10-7-11(15)12(16)8-13(10)19-17-14;1-7(10)9-8-5-3-2-4-6-8;1-7-6-4-2-3-5-6/h7-9H,2-6H2,1H3;8H,2-6H2,1H3,(H,9,10);6H,2-5H2,1H3. The number of carbonyl (C=O) groups excluding carboxylic acids is 1. The van der Waals surface area contributed by atoms with Crippen molar-refractivity contribution < 1.29 is 22.8 Å². The summed E-state index contributed by atoms with van der Waals surface area (Å²) in [5.74, 6) is -1.35. The number of methoxy groups -OCH3 is 1. The fourth-order valence-electron chi connectivity index (χ4n) is 5.43. The second kappa shape index (κ2) is 14.6. The van der Waals surface area contributed by atoms with Crippen LogP contribution in [0, 0.1) is 11.6 Å². The Morgan fingerprint density at radius 1 is 1.03 bits per heavy atom. The van der Waals surface area contributed by atoms with Crippen LogP contribution in [-0.4, -0.2) is 54.9 Å². The highest BCUT2D eigenvalue weighted by Gasteiger charge is 2.25. The van der Waals surface area contributed by atoms with E-state index in [9.17, 15) is 13.6 Å². The lowest BCUT2D eigenvalue weighted by atomic mass is 9.91.